The average molecular weight is 478 g/mol. The van der Waals surface area contributed by atoms with Gasteiger partial charge in [0.05, 0.1) is 12.7 Å². The lowest BCUT2D eigenvalue weighted by molar-refractivity contribution is -0.192. The third-order valence-electron chi connectivity index (χ3n) is 6.41. The van der Waals surface area contributed by atoms with Crippen LogP contribution in [0.3, 0.4) is 0 Å². The summed E-state index contributed by atoms with van der Waals surface area (Å²) >= 11 is 0. The number of carbonyl (C=O) groups excluding carboxylic acids is 1. The van der Waals surface area contributed by atoms with Gasteiger partial charge in [0.25, 0.3) is 0 Å². The molecule has 184 valence electrons. The van der Waals surface area contributed by atoms with E-state index in [1.165, 1.54) is 11.1 Å². The Hall–Kier alpha value is -2.27. The first-order valence-corrected chi connectivity index (χ1v) is 10.7. The lowest BCUT2D eigenvalue weighted by Gasteiger charge is -2.34. The second kappa shape index (κ2) is 9.92. The summed E-state index contributed by atoms with van der Waals surface area (Å²) in [7, 11) is 0. The molecule has 1 saturated carbocycles. The molecule has 1 aromatic rings. The van der Waals surface area contributed by atoms with Crippen LogP contribution in [-0.2, 0) is 20.9 Å². The Bertz CT molecular complexity index is 855. The first-order chi connectivity index (χ1) is 15.4. The predicted molar refractivity (Wildman–Crippen MR) is 108 cm³/mol. The number of halogens is 5. The van der Waals surface area contributed by atoms with E-state index >= 15 is 0 Å². The Balaban J connectivity index is 0.000000383. The summed E-state index contributed by atoms with van der Waals surface area (Å²) < 4.78 is 63.5. The number of nitrogens with one attached hydrogen (secondary N) is 1. The number of carbonyl (C=O) groups is 2. The molecule has 2 heterocycles. The van der Waals surface area contributed by atoms with E-state index in [0.717, 1.165) is 19.6 Å². The summed E-state index contributed by atoms with van der Waals surface area (Å²) in [5, 5.41) is 10.0. The zero-order valence-corrected chi connectivity index (χ0v) is 18.1. The number of benzene rings is 1. The second-order valence-electron chi connectivity index (χ2n) is 8.93. The van der Waals surface area contributed by atoms with Crippen LogP contribution < -0.4 is 5.32 Å². The van der Waals surface area contributed by atoms with Gasteiger partial charge in [-0.15, -0.1) is 0 Å². The van der Waals surface area contributed by atoms with Crippen molar-refractivity contribution in [3.63, 3.8) is 0 Å². The number of amides is 1. The third kappa shape index (κ3) is 6.63. The van der Waals surface area contributed by atoms with Crippen LogP contribution in [0.5, 0.6) is 0 Å². The molecule has 2 N–H and O–H groups in total. The van der Waals surface area contributed by atoms with Crippen LogP contribution in [0.1, 0.15) is 24.0 Å². The van der Waals surface area contributed by atoms with Crippen molar-refractivity contribution < 1.29 is 41.4 Å². The van der Waals surface area contributed by atoms with Gasteiger partial charge in [0.1, 0.15) is 0 Å². The van der Waals surface area contributed by atoms with Crippen molar-refractivity contribution in [2.45, 2.75) is 44.5 Å². The van der Waals surface area contributed by atoms with Crippen LogP contribution in [-0.4, -0.2) is 66.3 Å². The Labute approximate surface area is 188 Å². The van der Waals surface area contributed by atoms with E-state index in [4.69, 9.17) is 14.6 Å². The van der Waals surface area contributed by atoms with Gasteiger partial charge in [-0.3, -0.25) is 9.69 Å². The molecule has 11 heteroatoms. The van der Waals surface area contributed by atoms with E-state index in [1.807, 2.05) is 0 Å². The van der Waals surface area contributed by atoms with Gasteiger partial charge in [-0.2, -0.15) is 13.2 Å². The molecule has 3 aliphatic rings. The standard InChI is InChI=1S/C20H26F2N2O2.C2HF3O2/c1-13-4-2-3-5-14(13)9-24-10-17-16(12-26-18(17)11-24)8-23-19(25)15-6-20(21,22)7-15;3-2(4,5)1(6)7/h2-5,15-18H,6-12H2,1H3,(H,23,25);(H,6,7)/t16-,17-,18-;/m1./s1. The lowest BCUT2D eigenvalue weighted by Crippen LogP contribution is -2.46. The Morgan fingerprint density at radius 1 is 1.21 bits per heavy atom. The number of nitrogens with zero attached hydrogens (tertiary/aromatic N) is 1. The number of carboxylic acid groups (broad SMARTS) is 1. The van der Waals surface area contributed by atoms with Gasteiger partial charge in [-0.25, -0.2) is 13.6 Å². The van der Waals surface area contributed by atoms with Crippen LogP contribution in [0.4, 0.5) is 22.0 Å². The SMILES string of the molecule is Cc1ccccc1CN1C[C@@H]2[C@H](CNC(=O)C3CC(F)(F)C3)CO[C@@H]2C1.O=C(O)C(F)(F)F. The van der Waals surface area contributed by atoms with Crippen molar-refractivity contribution >= 4 is 11.9 Å². The summed E-state index contributed by atoms with van der Waals surface area (Å²) in [5.74, 6) is -5.48. The number of aryl methyl sites for hydroxylation is 1. The van der Waals surface area contributed by atoms with E-state index < -0.39 is 24.0 Å². The van der Waals surface area contributed by atoms with E-state index in [1.54, 1.807) is 0 Å². The first kappa shape index (κ1) is 25.4. The minimum atomic E-state index is -5.08. The third-order valence-corrected chi connectivity index (χ3v) is 6.41. The molecule has 1 amide bonds. The molecule has 2 aliphatic heterocycles. The summed E-state index contributed by atoms with van der Waals surface area (Å²) in [5.41, 5.74) is 2.63. The van der Waals surface area contributed by atoms with Gasteiger partial charge in [0.15, 0.2) is 0 Å². The minimum absolute atomic E-state index is 0.217. The summed E-state index contributed by atoms with van der Waals surface area (Å²) in [6, 6.07) is 8.41. The van der Waals surface area contributed by atoms with Crippen LogP contribution in [0.2, 0.25) is 0 Å². The zero-order valence-electron chi connectivity index (χ0n) is 18.1. The molecular formula is C22H27F5N2O4. The summed E-state index contributed by atoms with van der Waals surface area (Å²) in [6.07, 6.45) is -5.49. The molecule has 3 fully saturated rings. The van der Waals surface area contributed by atoms with E-state index in [9.17, 15) is 26.7 Å². The summed E-state index contributed by atoms with van der Waals surface area (Å²) in [4.78, 5) is 23.3. The molecule has 0 unspecified atom stereocenters. The maximum absolute atomic E-state index is 12.9. The van der Waals surface area contributed by atoms with Crippen molar-refractivity contribution in [3.05, 3.63) is 35.4 Å². The monoisotopic (exact) mass is 478 g/mol. The van der Waals surface area contributed by atoms with E-state index in [0.29, 0.717) is 19.1 Å². The number of rotatable bonds is 5. The largest absolute Gasteiger partial charge is 0.490 e. The smallest absolute Gasteiger partial charge is 0.475 e. The molecule has 2 saturated heterocycles. The quantitative estimate of drug-likeness (QED) is 0.636. The van der Waals surface area contributed by atoms with Crippen molar-refractivity contribution in [2.75, 3.05) is 26.2 Å². The van der Waals surface area contributed by atoms with Crippen molar-refractivity contribution in [1.29, 1.82) is 0 Å². The van der Waals surface area contributed by atoms with Gasteiger partial charge >= 0.3 is 12.1 Å². The van der Waals surface area contributed by atoms with Crippen molar-refractivity contribution in [3.8, 4) is 0 Å². The number of fused-ring (bicyclic) bond motifs is 1. The number of hydrogen-bond donors (Lipinski definition) is 2. The molecule has 1 aliphatic carbocycles. The molecular weight excluding hydrogens is 451 g/mol. The highest BCUT2D eigenvalue weighted by molar-refractivity contribution is 5.79. The van der Waals surface area contributed by atoms with E-state index in [2.05, 4.69) is 41.4 Å². The molecule has 1 aromatic carbocycles. The molecule has 4 rings (SSSR count). The molecule has 0 aromatic heterocycles. The fourth-order valence-corrected chi connectivity index (χ4v) is 4.47. The number of aliphatic carboxylic acids is 1. The number of carboxylic acids is 1. The van der Waals surface area contributed by atoms with Crippen molar-refractivity contribution in [1.82, 2.24) is 10.2 Å². The van der Waals surface area contributed by atoms with Gasteiger partial charge in [-0.1, -0.05) is 24.3 Å². The second-order valence-corrected chi connectivity index (χ2v) is 8.93. The maximum Gasteiger partial charge on any atom is 0.490 e. The number of alkyl halides is 5. The highest BCUT2D eigenvalue weighted by atomic mass is 19.4. The Morgan fingerprint density at radius 2 is 1.85 bits per heavy atom. The molecule has 3 atom stereocenters. The fraction of sp³-hybridized carbons (Fsp3) is 0.636. The summed E-state index contributed by atoms with van der Waals surface area (Å²) in [6.45, 7) is 6.10. The van der Waals surface area contributed by atoms with Gasteiger partial charge in [-0.05, 0) is 18.1 Å². The minimum Gasteiger partial charge on any atom is -0.475 e. The molecule has 0 radical (unpaired) electrons. The maximum atomic E-state index is 12.9. The number of hydrogen-bond acceptors (Lipinski definition) is 4. The highest BCUT2D eigenvalue weighted by Crippen LogP contribution is 2.42. The lowest BCUT2D eigenvalue weighted by atomic mass is 9.80. The van der Waals surface area contributed by atoms with Crippen LogP contribution in [0, 0.1) is 24.7 Å². The molecule has 6 nitrogen and oxygen atoms in total. The van der Waals surface area contributed by atoms with Gasteiger partial charge < -0.3 is 15.2 Å². The molecule has 0 spiro atoms. The average Bonchev–Trinajstić information content (AvgIpc) is 3.26. The number of ether oxygens (including phenoxy) is 1. The van der Waals surface area contributed by atoms with E-state index in [-0.39, 0.29) is 30.8 Å². The van der Waals surface area contributed by atoms with Crippen LogP contribution in [0.15, 0.2) is 24.3 Å². The zero-order chi connectivity index (χ0) is 24.4. The van der Waals surface area contributed by atoms with Crippen molar-refractivity contribution in [2.24, 2.45) is 17.8 Å². The number of likely N-dealkylation sites (tertiary alicyclic amines) is 1. The van der Waals surface area contributed by atoms with Crippen LogP contribution >= 0.6 is 0 Å². The normalized spacial score (nSPS) is 26.7. The Kier molecular flexibility index (Phi) is 7.62. The first-order valence-electron chi connectivity index (χ1n) is 10.7. The Morgan fingerprint density at radius 3 is 2.42 bits per heavy atom. The predicted octanol–water partition coefficient (Wildman–Crippen LogP) is 3.24. The molecule has 33 heavy (non-hydrogen) atoms. The highest BCUT2D eigenvalue weighted by Gasteiger charge is 2.49. The fourth-order valence-electron chi connectivity index (χ4n) is 4.47. The van der Waals surface area contributed by atoms with Crippen LogP contribution in [0.25, 0.3) is 0 Å². The molecule has 0 bridgehead atoms. The van der Waals surface area contributed by atoms with Gasteiger partial charge in [0.2, 0.25) is 11.8 Å². The topological polar surface area (TPSA) is 78.9 Å². The van der Waals surface area contributed by atoms with Gasteiger partial charge in [0, 0.05) is 56.8 Å².